The van der Waals surface area contributed by atoms with E-state index < -0.39 is 12.5 Å². The quantitative estimate of drug-likeness (QED) is 0.743. The second kappa shape index (κ2) is 5.73. The first kappa shape index (κ1) is 13.6. The minimum absolute atomic E-state index is 0.327. The highest BCUT2D eigenvalue weighted by Crippen LogP contribution is 2.23. The molecule has 0 N–H and O–H groups in total. The third-order valence-electron chi connectivity index (χ3n) is 2.13. The van der Waals surface area contributed by atoms with E-state index in [1.54, 1.807) is 0 Å². The monoisotopic (exact) mass is 292 g/mol. The summed E-state index contributed by atoms with van der Waals surface area (Å²) >= 11 is 3.27. The van der Waals surface area contributed by atoms with Crippen LogP contribution in [0.4, 0.5) is 8.78 Å². The summed E-state index contributed by atoms with van der Waals surface area (Å²) in [6.45, 7) is 2.28. The van der Waals surface area contributed by atoms with Crippen molar-refractivity contribution in [2.75, 3.05) is 11.9 Å². The highest BCUT2D eigenvalue weighted by molar-refractivity contribution is 9.09. The van der Waals surface area contributed by atoms with Crippen LogP contribution in [-0.2, 0) is 4.74 Å². The highest BCUT2D eigenvalue weighted by atomic mass is 79.9. The van der Waals surface area contributed by atoms with Crippen LogP contribution < -0.4 is 0 Å². The zero-order chi connectivity index (χ0) is 12.2. The molecule has 0 bridgehead atoms. The van der Waals surface area contributed by atoms with Crippen molar-refractivity contribution in [3.8, 4) is 0 Å². The molecule has 1 unspecified atom stereocenters. The van der Waals surface area contributed by atoms with Crippen LogP contribution in [0, 0.1) is 6.92 Å². The molecule has 0 aliphatic heterocycles. The van der Waals surface area contributed by atoms with Crippen LogP contribution in [0.3, 0.4) is 0 Å². The van der Waals surface area contributed by atoms with Crippen molar-refractivity contribution in [1.29, 1.82) is 0 Å². The van der Waals surface area contributed by atoms with Gasteiger partial charge in [-0.1, -0.05) is 45.8 Å². The minimum atomic E-state index is -2.79. The largest absolute Gasteiger partial charge is 0.366 e. The van der Waals surface area contributed by atoms with Gasteiger partial charge in [0.05, 0.1) is 6.10 Å². The Labute approximate surface area is 103 Å². The fraction of sp³-hybridized carbons (Fsp3) is 0.500. The van der Waals surface area contributed by atoms with Crippen molar-refractivity contribution in [2.24, 2.45) is 0 Å². The Morgan fingerprint density at radius 2 is 1.88 bits per heavy atom. The molecule has 0 radical (unpaired) electrons. The smallest absolute Gasteiger partial charge is 0.268 e. The minimum Gasteiger partial charge on any atom is -0.366 e. The SMILES string of the molecule is Cc1ccc(C(CBr)OCC(C)(F)F)cc1. The predicted molar refractivity (Wildman–Crippen MR) is 64.3 cm³/mol. The Hall–Kier alpha value is -0.480. The summed E-state index contributed by atoms with van der Waals surface area (Å²) in [6, 6.07) is 7.68. The van der Waals surface area contributed by atoms with Crippen molar-refractivity contribution in [3.05, 3.63) is 35.4 Å². The lowest BCUT2D eigenvalue weighted by Crippen LogP contribution is -2.21. The standard InChI is InChI=1S/C12H15BrF2O/c1-9-3-5-10(6-4-9)11(7-13)16-8-12(2,14)15/h3-6,11H,7-8H2,1-2H3. The van der Waals surface area contributed by atoms with E-state index in [0.717, 1.165) is 18.1 Å². The first-order valence-corrected chi connectivity index (χ1v) is 6.16. The zero-order valence-corrected chi connectivity index (χ0v) is 10.9. The van der Waals surface area contributed by atoms with Crippen molar-refractivity contribution in [2.45, 2.75) is 25.9 Å². The molecule has 90 valence electrons. The van der Waals surface area contributed by atoms with E-state index in [2.05, 4.69) is 15.9 Å². The molecule has 0 aromatic heterocycles. The van der Waals surface area contributed by atoms with Gasteiger partial charge in [-0.25, -0.2) is 8.78 Å². The number of rotatable bonds is 5. The molecule has 0 saturated heterocycles. The Morgan fingerprint density at radius 1 is 1.31 bits per heavy atom. The first-order chi connectivity index (χ1) is 7.42. The average molecular weight is 293 g/mol. The van der Waals surface area contributed by atoms with Gasteiger partial charge in [-0.2, -0.15) is 0 Å². The van der Waals surface area contributed by atoms with Crippen LogP contribution in [0.25, 0.3) is 0 Å². The molecule has 0 aliphatic rings. The Kier molecular flexibility index (Phi) is 4.87. The molecule has 1 rings (SSSR count). The van der Waals surface area contributed by atoms with E-state index in [4.69, 9.17) is 4.74 Å². The third-order valence-corrected chi connectivity index (χ3v) is 2.72. The van der Waals surface area contributed by atoms with Gasteiger partial charge in [0.25, 0.3) is 5.92 Å². The van der Waals surface area contributed by atoms with E-state index in [-0.39, 0.29) is 6.10 Å². The molecule has 16 heavy (non-hydrogen) atoms. The van der Waals surface area contributed by atoms with Gasteiger partial charge >= 0.3 is 0 Å². The maximum Gasteiger partial charge on any atom is 0.268 e. The summed E-state index contributed by atoms with van der Waals surface area (Å²) in [5, 5.41) is 0.506. The van der Waals surface area contributed by atoms with Gasteiger partial charge in [0, 0.05) is 12.3 Å². The van der Waals surface area contributed by atoms with Gasteiger partial charge < -0.3 is 4.74 Å². The highest BCUT2D eigenvalue weighted by Gasteiger charge is 2.23. The summed E-state index contributed by atoms with van der Waals surface area (Å²) in [7, 11) is 0. The number of hydrogen-bond donors (Lipinski definition) is 0. The van der Waals surface area contributed by atoms with Crippen molar-refractivity contribution in [3.63, 3.8) is 0 Å². The second-order valence-electron chi connectivity index (χ2n) is 3.93. The molecule has 1 aromatic rings. The summed E-state index contributed by atoms with van der Waals surface area (Å²) in [5.74, 6) is -2.79. The topological polar surface area (TPSA) is 9.23 Å². The fourth-order valence-corrected chi connectivity index (χ4v) is 1.82. The van der Waals surface area contributed by atoms with Gasteiger partial charge in [-0.3, -0.25) is 0 Å². The molecule has 0 saturated carbocycles. The van der Waals surface area contributed by atoms with E-state index in [0.29, 0.717) is 5.33 Å². The van der Waals surface area contributed by atoms with Gasteiger partial charge in [0.15, 0.2) is 0 Å². The molecule has 0 fully saturated rings. The molecule has 0 heterocycles. The average Bonchev–Trinajstić information content (AvgIpc) is 2.20. The lowest BCUT2D eigenvalue weighted by atomic mass is 10.1. The van der Waals surface area contributed by atoms with E-state index in [1.165, 1.54) is 0 Å². The van der Waals surface area contributed by atoms with Crippen LogP contribution in [0.2, 0.25) is 0 Å². The number of alkyl halides is 3. The molecule has 0 amide bonds. The van der Waals surface area contributed by atoms with Crippen molar-refractivity contribution < 1.29 is 13.5 Å². The van der Waals surface area contributed by atoms with Crippen LogP contribution in [0.1, 0.15) is 24.2 Å². The lowest BCUT2D eigenvalue weighted by molar-refractivity contribution is -0.0828. The van der Waals surface area contributed by atoms with Gasteiger partial charge in [-0.05, 0) is 12.5 Å². The molecule has 0 aliphatic carbocycles. The van der Waals surface area contributed by atoms with Crippen LogP contribution >= 0.6 is 15.9 Å². The normalized spacial score (nSPS) is 13.8. The van der Waals surface area contributed by atoms with Gasteiger partial charge in [0.1, 0.15) is 6.61 Å². The van der Waals surface area contributed by atoms with Gasteiger partial charge in [0.2, 0.25) is 0 Å². The maximum absolute atomic E-state index is 12.7. The molecular formula is C12H15BrF2O. The maximum atomic E-state index is 12.7. The lowest BCUT2D eigenvalue weighted by Gasteiger charge is -2.18. The number of benzene rings is 1. The second-order valence-corrected chi connectivity index (χ2v) is 4.58. The van der Waals surface area contributed by atoms with E-state index >= 15 is 0 Å². The molecule has 1 aromatic carbocycles. The number of aryl methyl sites for hydroxylation is 1. The first-order valence-electron chi connectivity index (χ1n) is 5.04. The Morgan fingerprint density at radius 3 is 2.31 bits per heavy atom. The van der Waals surface area contributed by atoms with Crippen LogP contribution in [-0.4, -0.2) is 17.9 Å². The molecular weight excluding hydrogens is 278 g/mol. The van der Waals surface area contributed by atoms with Gasteiger partial charge in [-0.15, -0.1) is 0 Å². The third kappa shape index (κ3) is 4.58. The molecule has 0 spiro atoms. The molecule has 1 nitrogen and oxygen atoms in total. The number of hydrogen-bond acceptors (Lipinski definition) is 1. The number of halogens is 3. The zero-order valence-electron chi connectivity index (χ0n) is 9.34. The predicted octanol–water partition coefficient (Wildman–Crippen LogP) is 4.10. The van der Waals surface area contributed by atoms with Crippen LogP contribution in [0.5, 0.6) is 0 Å². The van der Waals surface area contributed by atoms with E-state index in [9.17, 15) is 8.78 Å². The molecule has 1 atom stereocenters. The summed E-state index contributed by atoms with van der Waals surface area (Å²) < 4.78 is 30.5. The van der Waals surface area contributed by atoms with Crippen LogP contribution in [0.15, 0.2) is 24.3 Å². The Bertz CT molecular complexity index is 319. The Balaban J connectivity index is 2.64. The summed E-state index contributed by atoms with van der Waals surface area (Å²) in [4.78, 5) is 0. The summed E-state index contributed by atoms with van der Waals surface area (Å²) in [6.07, 6.45) is -0.327. The molecule has 4 heteroatoms. The van der Waals surface area contributed by atoms with E-state index in [1.807, 2.05) is 31.2 Å². The summed E-state index contributed by atoms with van der Waals surface area (Å²) in [5.41, 5.74) is 2.05. The fourth-order valence-electron chi connectivity index (χ4n) is 1.26. The number of ether oxygens (including phenoxy) is 1. The van der Waals surface area contributed by atoms with Crippen molar-refractivity contribution >= 4 is 15.9 Å². The van der Waals surface area contributed by atoms with Crippen molar-refractivity contribution in [1.82, 2.24) is 0 Å².